The van der Waals surface area contributed by atoms with Gasteiger partial charge in [-0.3, -0.25) is 9.69 Å². The quantitative estimate of drug-likeness (QED) is 0.765. The topological polar surface area (TPSA) is 48.5 Å². The number of piperidine rings is 1. The molecule has 0 radical (unpaired) electrons. The third-order valence-electron chi connectivity index (χ3n) is 5.61. The molecule has 1 fully saturated rings. The number of amides is 1. The molecule has 150 valence electrons. The minimum atomic E-state index is 0.0835. The Bertz CT molecular complexity index is 714. The molecule has 1 aromatic carbocycles. The highest BCUT2D eigenvalue weighted by Crippen LogP contribution is 2.21. The van der Waals surface area contributed by atoms with Gasteiger partial charge in [0.25, 0.3) is 0 Å². The summed E-state index contributed by atoms with van der Waals surface area (Å²) in [5.74, 6) is 1.06. The van der Waals surface area contributed by atoms with Crippen LogP contribution in [0.25, 0.3) is 0 Å². The van der Waals surface area contributed by atoms with Crippen LogP contribution in [0.2, 0.25) is 0 Å². The lowest BCUT2D eigenvalue weighted by molar-refractivity contribution is -0.123. The second kappa shape index (κ2) is 10.3. The maximum atomic E-state index is 13.4. The number of carbonyl (C=O) groups excluding carboxylic acids is 1. The van der Waals surface area contributed by atoms with E-state index in [1.165, 1.54) is 5.56 Å². The van der Waals surface area contributed by atoms with Gasteiger partial charge in [0.2, 0.25) is 5.91 Å². The van der Waals surface area contributed by atoms with Crippen molar-refractivity contribution >= 4 is 11.7 Å². The predicted molar refractivity (Wildman–Crippen MR) is 114 cm³/mol. The van der Waals surface area contributed by atoms with Crippen LogP contribution in [-0.2, 0) is 11.2 Å². The second-order valence-corrected chi connectivity index (χ2v) is 7.80. The first-order chi connectivity index (χ1) is 13.6. The van der Waals surface area contributed by atoms with E-state index in [1.54, 1.807) is 6.20 Å². The van der Waals surface area contributed by atoms with Crippen LogP contribution >= 0.6 is 0 Å². The fourth-order valence-electron chi connectivity index (χ4n) is 3.80. The van der Waals surface area contributed by atoms with Crippen molar-refractivity contribution in [1.82, 2.24) is 15.2 Å². The number of aryl methyl sites for hydroxylation is 1. The summed E-state index contributed by atoms with van der Waals surface area (Å²) in [4.78, 5) is 22.0. The van der Waals surface area contributed by atoms with Crippen LogP contribution in [0.4, 0.5) is 5.82 Å². The summed E-state index contributed by atoms with van der Waals surface area (Å²) >= 11 is 0. The minimum absolute atomic E-state index is 0.0835. The summed E-state index contributed by atoms with van der Waals surface area (Å²) in [6.45, 7) is 2.49. The minimum Gasteiger partial charge on any atom is -0.317 e. The number of aromatic nitrogens is 1. The third-order valence-corrected chi connectivity index (χ3v) is 5.61. The van der Waals surface area contributed by atoms with Crippen molar-refractivity contribution in [2.45, 2.75) is 31.7 Å². The molecule has 1 N–H and O–H groups in total. The lowest BCUT2D eigenvalue weighted by atomic mass is 9.96. The second-order valence-electron chi connectivity index (χ2n) is 7.80. The molecular weight excluding hydrogens is 348 g/mol. The molecule has 1 atom stereocenters. The Labute approximate surface area is 168 Å². The van der Waals surface area contributed by atoms with Gasteiger partial charge in [0, 0.05) is 24.7 Å². The van der Waals surface area contributed by atoms with Crippen molar-refractivity contribution in [1.29, 1.82) is 0 Å². The molecule has 1 unspecified atom stereocenters. The molecule has 1 amide bonds. The molecule has 3 rings (SSSR count). The average molecular weight is 381 g/mol. The van der Waals surface area contributed by atoms with Crippen molar-refractivity contribution in [3.05, 3.63) is 60.3 Å². The summed E-state index contributed by atoms with van der Waals surface area (Å²) in [5, 5.41) is 3.35. The zero-order valence-corrected chi connectivity index (χ0v) is 17.1. The van der Waals surface area contributed by atoms with E-state index in [2.05, 4.69) is 53.6 Å². The molecule has 0 bridgehead atoms. The number of likely N-dealkylation sites (N-methyl/N-ethyl adjacent to an activating group) is 1. The number of rotatable bonds is 8. The zero-order chi connectivity index (χ0) is 19.8. The van der Waals surface area contributed by atoms with E-state index in [1.807, 2.05) is 29.2 Å². The van der Waals surface area contributed by atoms with Crippen molar-refractivity contribution < 1.29 is 4.79 Å². The summed E-state index contributed by atoms with van der Waals surface area (Å²) in [5.41, 5.74) is 1.34. The first-order valence-corrected chi connectivity index (χ1v) is 10.3. The molecule has 5 nitrogen and oxygen atoms in total. The molecule has 0 spiro atoms. The van der Waals surface area contributed by atoms with Gasteiger partial charge >= 0.3 is 0 Å². The van der Waals surface area contributed by atoms with E-state index in [0.29, 0.717) is 6.54 Å². The molecule has 0 saturated carbocycles. The fraction of sp³-hybridized carbons (Fsp3) is 0.478. The van der Waals surface area contributed by atoms with Crippen LogP contribution in [0.5, 0.6) is 0 Å². The lowest BCUT2D eigenvalue weighted by Crippen LogP contribution is -2.47. The largest absolute Gasteiger partial charge is 0.317 e. The molecular formula is C23H32N4O. The number of benzene rings is 1. The van der Waals surface area contributed by atoms with E-state index in [4.69, 9.17) is 0 Å². The average Bonchev–Trinajstić information content (AvgIpc) is 2.75. The van der Waals surface area contributed by atoms with Crippen molar-refractivity contribution in [2.75, 3.05) is 38.6 Å². The van der Waals surface area contributed by atoms with Crippen molar-refractivity contribution in [2.24, 2.45) is 5.92 Å². The highest BCUT2D eigenvalue weighted by molar-refractivity contribution is 5.94. The Morgan fingerprint density at radius 2 is 1.82 bits per heavy atom. The van der Waals surface area contributed by atoms with E-state index >= 15 is 0 Å². The van der Waals surface area contributed by atoms with Crippen molar-refractivity contribution in [3.8, 4) is 0 Å². The molecule has 0 aliphatic carbocycles. The predicted octanol–water partition coefficient (Wildman–Crippen LogP) is 2.98. The highest BCUT2D eigenvalue weighted by Gasteiger charge is 2.29. The zero-order valence-electron chi connectivity index (χ0n) is 17.1. The van der Waals surface area contributed by atoms with E-state index in [0.717, 1.165) is 44.6 Å². The molecule has 1 aromatic heterocycles. The normalized spacial score (nSPS) is 16.1. The lowest BCUT2D eigenvalue weighted by Gasteiger charge is -2.34. The molecule has 1 aliphatic rings. The van der Waals surface area contributed by atoms with Gasteiger partial charge in [0.15, 0.2) is 0 Å². The summed E-state index contributed by atoms with van der Waals surface area (Å²) < 4.78 is 0. The van der Waals surface area contributed by atoms with E-state index in [9.17, 15) is 4.79 Å². The maximum absolute atomic E-state index is 13.4. The number of pyridine rings is 1. The summed E-state index contributed by atoms with van der Waals surface area (Å²) in [6.07, 6.45) is 5.57. The number of carbonyl (C=O) groups is 1. The van der Waals surface area contributed by atoms with Crippen LogP contribution in [0.3, 0.4) is 0 Å². The van der Waals surface area contributed by atoms with Crippen LogP contribution < -0.4 is 10.2 Å². The number of anilines is 1. The van der Waals surface area contributed by atoms with Crippen molar-refractivity contribution in [3.63, 3.8) is 0 Å². The van der Waals surface area contributed by atoms with Crippen LogP contribution in [-0.4, -0.2) is 55.6 Å². The smallest absolute Gasteiger partial charge is 0.231 e. The van der Waals surface area contributed by atoms with Gasteiger partial charge < -0.3 is 10.2 Å². The first-order valence-electron chi connectivity index (χ1n) is 10.3. The van der Waals surface area contributed by atoms with Crippen LogP contribution in [0, 0.1) is 5.92 Å². The Hall–Kier alpha value is -2.24. The maximum Gasteiger partial charge on any atom is 0.231 e. The molecule has 1 aliphatic heterocycles. The van der Waals surface area contributed by atoms with Gasteiger partial charge in [-0.25, -0.2) is 4.98 Å². The first kappa shape index (κ1) is 20.5. The molecule has 2 aromatic rings. The fourth-order valence-corrected chi connectivity index (χ4v) is 3.80. The third kappa shape index (κ3) is 5.63. The Kier molecular flexibility index (Phi) is 7.57. The SMILES string of the molecule is CN(C)C(CCc1ccccc1)CN(C(=O)C1CCNCC1)c1ccccn1. The number of nitrogens with zero attached hydrogens (tertiary/aromatic N) is 3. The van der Waals surface area contributed by atoms with Gasteiger partial charge in [0.05, 0.1) is 0 Å². The monoisotopic (exact) mass is 380 g/mol. The van der Waals surface area contributed by atoms with Crippen LogP contribution in [0.1, 0.15) is 24.8 Å². The van der Waals surface area contributed by atoms with E-state index in [-0.39, 0.29) is 17.9 Å². The van der Waals surface area contributed by atoms with Gasteiger partial charge in [-0.15, -0.1) is 0 Å². The Morgan fingerprint density at radius 1 is 1.11 bits per heavy atom. The van der Waals surface area contributed by atoms with Gasteiger partial charge in [0.1, 0.15) is 5.82 Å². The molecule has 2 heterocycles. The van der Waals surface area contributed by atoms with Gasteiger partial charge in [-0.05, 0) is 70.6 Å². The number of nitrogens with one attached hydrogen (secondary N) is 1. The van der Waals surface area contributed by atoms with E-state index < -0.39 is 0 Å². The van der Waals surface area contributed by atoms with Crippen LogP contribution in [0.15, 0.2) is 54.7 Å². The molecule has 1 saturated heterocycles. The summed E-state index contributed by atoms with van der Waals surface area (Å²) in [7, 11) is 4.20. The number of hydrogen-bond acceptors (Lipinski definition) is 4. The molecule has 5 heteroatoms. The highest BCUT2D eigenvalue weighted by atomic mass is 16.2. The van der Waals surface area contributed by atoms with Gasteiger partial charge in [-0.1, -0.05) is 36.4 Å². The Morgan fingerprint density at radius 3 is 2.46 bits per heavy atom. The van der Waals surface area contributed by atoms with Gasteiger partial charge in [-0.2, -0.15) is 0 Å². The molecule has 28 heavy (non-hydrogen) atoms. The summed E-state index contributed by atoms with van der Waals surface area (Å²) in [6, 6.07) is 16.6. The number of hydrogen-bond donors (Lipinski definition) is 1. The standard InChI is InChI=1S/C23H32N4O/c1-26(2)21(12-11-19-8-4-3-5-9-19)18-27(22-10-6-7-15-25-22)23(28)20-13-16-24-17-14-20/h3-10,15,20-21,24H,11-14,16-18H2,1-2H3. The Balaban J connectivity index is 1.74.